The summed E-state index contributed by atoms with van der Waals surface area (Å²) in [5, 5.41) is 4.24. The van der Waals surface area contributed by atoms with Crippen molar-refractivity contribution in [3.8, 4) is 0 Å². The van der Waals surface area contributed by atoms with Gasteiger partial charge in [-0.15, -0.1) is 0 Å². The lowest BCUT2D eigenvalue weighted by Crippen LogP contribution is -2.43. The van der Waals surface area contributed by atoms with Crippen LogP contribution in [0.5, 0.6) is 0 Å². The largest absolute Gasteiger partial charge is 0.378 e. The van der Waals surface area contributed by atoms with Crippen molar-refractivity contribution >= 4 is 10.0 Å². The van der Waals surface area contributed by atoms with Gasteiger partial charge in [-0.2, -0.15) is 9.40 Å². The van der Waals surface area contributed by atoms with Crippen LogP contribution in [-0.4, -0.2) is 60.7 Å². The second-order valence-electron chi connectivity index (χ2n) is 6.09. The Morgan fingerprint density at radius 3 is 2.91 bits per heavy atom. The van der Waals surface area contributed by atoms with Crippen LogP contribution < -0.4 is 0 Å². The number of morpholine rings is 1. The van der Waals surface area contributed by atoms with E-state index in [1.807, 2.05) is 17.8 Å². The molecule has 2 atom stereocenters. The van der Waals surface area contributed by atoms with Crippen molar-refractivity contribution in [3.63, 3.8) is 0 Å². The van der Waals surface area contributed by atoms with Crippen molar-refractivity contribution in [1.29, 1.82) is 0 Å². The molecule has 8 heteroatoms. The first-order valence-corrected chi connectivity index (χ1v) is 9.93. The third kappa shape index (κ3) is 4.12. The highest BCUT2D eigenvalue weighted by Gasteiger charge is 2.31. The molecule has 1 aromatic heterocycles. The molecule has 0 aliphatic carbocycles. The van der Waals surface area contributed by atoms with Gasteiger partial charge in [0.05, 0.1) is 30.8 Å². The van der Waals surface area contributed by atoms with E-state index < -0.39 is 10.0 Å². The Bertz CT molecular complexity index is 610. The zero-order valence-electron chi connectivity index (χ0n) is 13.6. The molecule has 2 aliphatic heterocycles. The van der Waals surface area contributed by atoms with Crippen LogP contribution >= 0.6 is 0 Å². The van der Waals surface area contributed by atoms with Crippen molar-refractivity contribution in [2.24, 2.45) is 0 Å². The fourth-order valence-electron chi connectivity index (χ4n) is 3.08. The Balaban J connectivity index is 1.60. The maximum Gasteiger partial charge on any atom is 0.214 e. The summed E-state index contributed by atoms with van der Waals surface area (Å²) in [6.07, 6.45) is 6.14. The Morgan fingerprint density at radius 1 is 1.35 bits per heavy atom. The molecule has 7 nitrogen and oxygen atoms in total. The van der Waals surface area contributed by atoms with Crippen LogP contribution in [0.25, 0.3) is 0 Å². The molecule has 0 spiro atoms. The van der Waals surface area contributed by atoms with Crippen LogP contribution in [0.15, 0.2) is 12.4 Å². The summed E-state index contributed by atoms with van der Waals surface area (Å²) in [7, 11) is -3.26. The average molecular weight is 343 g/mol. The van der Waals surface area contributed by atoms with Crippen molar-refractivity contribution in [3.05, 3.63) is 18.0 Å². The molecule has 23 heavy (non-hydrogen) atoms. The van der Waals surface area contributed by atoms with E-state index >= 15 is 0 Å². The Hall–Kier alpha value is -0.960. The number of hydrogen-bond acceptors (Lipinski definition) is 5. The molecule has 3 heterocycles. The number of sulfonamides is 1. The predicted molar refractivity (Wildman–Crippen MR) is 85.5 cm³/mol. The lowest BCUT2D eigenvalue weighted by atomic mass is 10.2. The van der Waals surface area contributed by atoms with E-state index in [1.54, 1.807) is 10.5 Å². The topological polar surface area (TPSA) is 73.7 Å². The number of nitrogens with zero attached hydrogens (tertiary/aromatic N) is 3. The molecule has 2 fully saturated rings. The van der Waals surface area contributed by atoms with Gasteiger partial charge in [0.2, 0.25) is 10.0 Å². The van der Waals surface area contributed by atoms with Crippen molar-refractivity contribution in [2.75, 3.05) is 32.1 Å². The van der Waals surface area contributed by atoms with Gasteiger partial charge in [-0.25, -0.2) is 8.42 Å². The summed E-state index contributed by atoms with van der Waals surface area (Å²) in [5.74, 6) is 0.151. The molecule has 0 amide bonds. The Morgan fingerprint density at radius 2 is 2.22 bits per heavy atom. The van der Waals surface area contributed by atoms with Gasteiger partial charge >= 0.3 is 0 Å². The summed E-state index contributed by atoms with van der Waals surface area (Å²) >= 11 is 0. The van der Waals surface area contributed by atoms with Gasteiger partial charge in [0.15, 0.2) is 0 Å². The minimum atomic E-state index is -3.26. The summed E-state index contributed by atoms with van der Waals surface area (Å²) in [6, 6.07) is 0. The molecule has 0 N–H and O–H groups in total. The van der Waals surface area contributed by atoms with Gasteiger partial charge in [-0.3, -0.25) is 4.68 Å². The first kappa shape index (κ1) is 16.9. The van der Waals surface area contributed by atoms with Crippen LogP contribution in [-0.2, 0) is 26.0 Å². The van der Waals surface area contributed by atoms with Crippen molar-refractivity contribution in [1.82, 2.24) is 14.1 Å². The molecular weight excluding hydrogens is 318 g/mol. The molecule has 3 rings (SSSR count). The molecule has 0 saturated carbocycles. The van der Waals surface area contributed by atoms with Crippen molar-refractivity contribution in [2.45, 2.75) is 44.9 Å². The third-order valence-electron chi connectivity index (χ3n) is 4.49. The number of ether oxygens (including phenoxy) is 2. The molecule has 2 aliphatic rings. The van der Waals surface area contributed by atoms with E-state index in [4.69, 9.17) is 9.47 Å². The summed E-state index contributed by atoms with van der Waals surface area (Å²) in [5.41, 5.74) is 0.936. The predicted octanol–water partition coefficient (Wildman–Crippen LogP) is 1.18. The molecular formula is C15H25N3O4S. The van der Waals surface area contributed by atoms with Gasteiger partial charge in [0.1, 0.15) is 0 Å². The van der Waals surface area contributed by atoms with E-state index in [0.29, 0.717) is 26.1 Å². The number of hydrogen-bond donors (Lipinski definition) is 0. The molecule has 2 saturated heterocycles. The lowest BCUT2D eigenvalue weighted by molar-refractivity contribution is -0.00270. The number of rotatable bonds is 6. The first-order chi connectivity index (χ1) is 11.1. The highest BCUT2D eigenvalue weighted by atomic mass is 32.2. The van der Waals surface area contributed by atoms with Crippen LogP contribution in [0.4, 0.5) is 0 Å². The van der Waals surface area contributed by atoms with Gasteiger partial charge in [-0.05, 0) is 26.2 Å². The van der Waals surface area contributed by atoms with Crippen LogP contribution in [0.3, 0.4) is 0 Å². The van der Waals surface area contributed by atoms with Crippen LogP contribution in [0.1, 0.15) is 37.9 Å². The zero-order valence-corrected chi connectivity index (χ0v) is 14.4. The normalized spacial score (nSPS) is 26.7. The molecule has 0 unspecified atom stereocenters. The molecule has 0 aromatic carbocycles. The maximum atomic E-state index is 12.6. The van der Waals surface area contributed by atoms with Crippen LogP contribution in [0, 0.1) is 0 Å². The summed E-state index contributed by atoms with van der Waals surface area (Å²) < 4.78 is 39.8. The quantitative estimate of drug-likeness (QED) is 0.775. The summed E-state index contributed by atoms with van der Waals surface area (Å²) in [6.45, 7) is 4.76. The van der Waals surface area contributed by atoms with Gasteiger partial charge in [0.25, 0.3) is 0 Å². The average Bonchev–Trinajstić information content (AvgIpc) is 3.24. The highest BCUT2D eigenvalue weighted by molar-refractivity contribution is 7.89. The van der Waals surface area contributed by atoms with E-state index in [0.717, 1.165) is 31.6 Å². The van der Waals surface area contributed by atoms with E-state index in [9.17, 15) is 8.42 Å². The second kappa shape index (κ2) is 7.29. The molecule has 130 valence electrons. The standard InChI is InChI=1S/C15H25N3O4S/c1-2-17-11-13(10-16-17)15-12-18(6-8-22-15)23(19,20)9-5-14-4-3-7-21-14/h10-11,14-15H,2-9,12H2,1H3/t14-,15-/m0/s1. The number of aromatic nitrogens is 2. The van der Waals surface area contributed by atoms with Crippen LogP contribution in [0.2, 0.25) is 0 Å². The smallest absolute Gasteiger partial charge is 0.214 e. The summed E-state index contributed by atoms with van der Waals surface area (Å²) in [4.78, 5) is 0. The highest BCUT2D eigenvalue weighted by Crippen LogP contribution is 2.24. The monoisotopic (exact) mass is 343 g/mol. The zero-order chi connectivity index (χ0) is 16.3. The maximum absolute atomic E-state index is 12.6. The SMILES string of the molecule is CCn1cc([C@@H]2CN(S(=O)(=O)CC[C@@H]3CCCO3)CCO2)cn1. The Labute approximate surface area is 137 Å². The second-order valence-corrected chi connectivity index (χ2v) is 8.17. The van der Waals surface area contributed by atoms with E-state index in [1.165, 1.54) is 0 Å². The molecule has 0 bridgehead atoms. The fourth-order valence-corrected chi connectivity index (χ4v) is 4.61. The third-order valence-corrected chi connectivity index (χ3v) is 6.36. The minimum absolute atomic E-state index is 0.101. The first-order valence-electron chi connectivity index (χ1n) is 8.32. The Kier molecular flexibility index (Phi) is 5.35. The minimum Gasteiger partial charge on any atom is -0.378 e. The van der Waals surface area contributed by atoms with Gasteiger partial charge in [-0.1, -0.05) is 0 Å². The van der Waals surface area contributed by atoms with Gasteiger partial charge in [0, 0.05) is 38.0 Å². The number of aryl methyl sites for hydroxylation is 1. The lowest BCUT2D eigenvalue weighted by Gasteiger charge is -2.32. The van der Waals surface area contributed by atoms with Gasteiger partial charge < -0.3 is 9.47 Å². The molecule has 1 aromatic rings. The molecule has 0 radical (unpaired) electrons. The van der Waals surface area contributed by atoms with E-state index in [2.05, 4.69) is 5.10 Å². The fraction of sp³-hybridized carbons (Fsp3) is 0.800. The van der Waals surface area contributed by atoms with E-state index in [-0.39, 0.29) is 18.0 Å². The van der Waals surface area contributed by atoms with Crippen molar-refractivity contribution < 1.29 is 17.9 Å².